The number of aryl methyl sites for hydroxylation is 1. The molecule has 0 saturated carbocycles. The summed E-state index contributed by atoms with van der Waals surface area (Å²) in [4.78, 5) is 0. The van der Waals surface area contributed by atoms with Gasteiger partial charge in [-0.05, 0) is 24.0 Å². The molecule has 110 valence electrons. The van der Waals surface area contributed by atoms with Crippen LogP contribution in [0.25, 0.3) is 0 Å². The fourth-order valence-electron chi connectivity index (χ4n) is 2.06. The molecule has 21 heavy (non-hydrogen) atoms. The van der Waals surface area contributed by atoms with Gasteiger partial charge in [-0.3, -0.25) is 0 Å². The first kappa shape index (κ1) is 15.3. The molecule has 0 aliphatic carbocycles. The van der Waals surface area contributed by atoms with Gasteiger partial charge in [0.25, 0.3) is 0 Å². The van der Waals surface area contributed by atoms with Crippen molar-refractivity contribution in [2.75, 3.05) is 7.11 Å². The van der Waals surface area contributed by atoms with Gasteiger partial charge in [-0.1, -0.05) is 6.07 Å². The highest BCUT2D eigenvalue weighted by atomic mass is 19.2. The Morgan fingerprint density at radius 2 is 1.52 bits per heavy atom. The molecule has 0 aliphatic rings. The van der Waals surface area contributed by atoms with Crippen LogP contribution in [0.15, 0.2) is 18.2 Å². The van der Waals surface area contributed by atoms with Crippen LogP contribution in [0.5, 0.6) is 5.75 Å². The predicted molar refractivity (Wildman–Crippen MR) is 70.4 cm³/mol. The fraction of sp³-hybridized carbons (Fsp3) is 0.143. The van der Waals surface area contributed by atoms with Crippen LogP contribution in [-0.2, 0) is 0 Å². The Balaban J connectivity index is 2.62. The Morgan fingerprint density at radius 1 is 0.857 bits per heavy atom. The lowest BCUT2D eigenvalue weighted by molar-refractivity contribution is 0.381. The molecule has 0 amide bonds. The van der Waals surface area contributed by atoms with E-state index in [2.05, 4.69) is 4.74 Å². The van der Waals surface area contributed by atoms with Gasteiger partial charge < -0.3 is 4.74 Å². The Labute approximate surface area is 118 Å². The van der Waals surface area contributed by atoms with Gasteiger partial charge in [0.1, 0.15) is 11.6 Å². The minimum atomic E-state index is -1.45. The van der Waals surface area contributed by atoms with Crippen molar-refractivity contribution in [3.8, 4) is 5.75 Å². The van der Waals surface area contributed by atoms with E-state index in [0.29, 0.717) is 6.07 Å². The van der Waals surface area contributed by atoms with E-state index < -0.39 is 53.0 Å². The second kappa shape index (κ2) is 5.75. The van der Waals surface area contributed by atoms with Crippen molar-refractivity contribution in [1.29, 1.82) is 0 Å². The molecule has 0 aromatic heterocycles. The van der Waals surface area contributed by atoms with Crippen LogP contribution in [0.2, 0.25) is 0 Å². The summed E-state index contributed by atoms with van der Waals surface area (Å²) in [5, 5.41) is 0. The maximum Gasteiger partial charge on any atom is 0.209 e. The summed E-state index contributed by atoms with van der Waals surface area (Å²) in [7, 11) is 0.394. The highest BCUT2D eigenvalue weighted by Crippen LogP contribution is 2.18. The standard InChI is InChI=1S/C14H10BF5O/c1-6-3-4-7(16)10(12(6)19)15-11-13(20)8(17)5-9(18)14(11)21-2/h3-5,15H,1-2H3. The maximum absolute atomic E-state index is 13.9. The lowest BCUT2D eigenvalue weighted by Gasteiger charge is -2.12. The average molecular weight is 300 g/mol. The molecule has 0 unspecified atom stereocenters. The fourth-order valence-corrected chi connectivity index (χ4v) is 2.06. The van der Waals surface area contributed by atoms with Crippen LogP contribution < -0.4 is 15.7 Å². The molecular formula is C14H10BF5O. The zero-order valence-electron chi connectivity index (χ0n) is 11.2. The second-order valence-electron chi connectivity index (χ2n) is 4.50. The molecule has 0 aliphatic heterocycles. The number of hydrogen-bond acceptors (Lipinski definition) is 1. The van der Waals surface area contributed by atoms with E-state index in [1.54, 1.807) is 0 Å². The third-order valence-electron chi connectivity index (χ3n) is 3.16. The topological polar surface area (TPSA) is 9.23 Å². The first-order chi connectivity index (χ1) is 9.86. The molecule has 0 N–H and O–H groups in total. The summed E-state index contributed by atoms with van der Waals surface area (Å²) < 4.78 is 72.9. The molecule has 0 atom stereocenters. The zero-order chi connectivity index (χ0) is 15.7. The molecule has 1 nitrogen and oxygen atoms in total. The highest BCUT2D eigenvalue weighted by molar-refractivity contribution is 6.68. The molecule has 2 aromatic rings. The summed E-state index contributed by atoms with van der Waals surface area (Å²) in [5.41, 5.74) is -0.904. The van der Waals surface area contributed by atoms with Crippen LogP contribution in [0.4, 0.5) is 22.0 Å². The van der Waals surface area contributed by atoms with Gasteiger partial charge in [-0.25, -0.2) is 22.0 Å². The summed E-state index contributed by atoms with van der Waals surface area (Å²) in [6.45, 7) is 1.40. The van der Waals surface area contributed by atoms with E-state index >= 15 is 0 Å². The van der Waals surface area contributed by atoms with Gasteiger partial charge in [-0.15, -0.1) is 0 Å². The van der Waals surface area contributed by atoms with Crippen molar-refractivity contribution in [1.82, 2.24) is 0 Å². The number of benzene rings is 2. The Hall–Kier alpha value is -2.05. The lowest BCUT2D eigenvalue weighted by atomic mass is 9.62. The molecule has 0 spiro atoms. The molecule has 0 saturated heterocycles. The van der Waals surface area contributed by atoms with Crippen LogP contribution >= 0.6 is 0 Å². The molecule has 0 bridgehead atoms. The summed E-state index contributed by atoms with van der Waals surface area (Å²) >= 11 is 0. The van der Waals surface area contributed by atoms with Crippen LogP contribution in [0.3, 0.4) is 0 Å². The molecule has 7 heteroatoms. The first-order valence-corrected chi connectivity index (χ1v) is 6.00. The van der Waals surface area contributed by atoms with Gasteiger partial charge in [0.2, 0.25) is 7.28 Å². The zero-order valence-corrected chi connectivity index (χ0v) is 11.2. The minimum absolute atomic E-state index is 0.141. The van der Waals surface area contributed by atoms with E-state index in [1.807, 2.05) is 0 Å². The smallest absolute Gasteiger partial charge is 0.209 e. The van der Waals surface area contributed by atoms with Crippen molar-refractivity contribution >= 4 is 18.2 Å². The van der Waals surface area contributed by atoms with Crippen LogP contribution in [-0.4, -0.2) is 14.4 Å². The quantitative estimate of drug-likeness (QED) is 0.479. The number of hydrogen-bond donors (Lipinski definition) is 0. The molecule has 2 rings (SSSR count). The van der Waals surface area contributed by atoms with Gasteiger partial charge in [-0.2, -0.15) is 0 Å². The third-order valence-corrected chi connectivity index (χ3v) is 3.16. The Bertz CT molecular complexity index is 702. The average Bonchev–Trinajstić information content (AvgIpc) is 2.44. The minimum Gasteiger partial charge on any atom is -0.494 e. The Kier molecular flexibility index (Phi) is 4.20. The Morgan fingerprint density at radius 3 is 2.14 bits per heavy atom. The predicted octanol–water partition coefficient (Wildman–Crippen LogP) is 2.09. The van der Waals surface area contributed by atoms with Crippen molar-refractivity contribution < 1.29 is 26.7 Å². The van der Waals surface area contributed by atoms with Crippen molar-refractivity contribution in [3.63, 3.8) is 0 Å². The number of halogens is 5. The van der Waals surface area contributed by atoms with Crippen molar-refractivity contribution in [3.05, 3.63) is 52.8 Å². The van der Waals surface area contributed by atoms with Gasteiger partial charge in [0, 0.05) is 11.5 Å². The molecule has 0 fully saturated rings. The largest absolute Gasteiger partial charge is 0.494 e. The monoisotopic (exact) mass is 300 g/mol. The lowest BCUT2D eigenvalue weighted by Crippen LogP contribution is -2.36. The number of rotatable bonds is 3. The highest BCUT2D eigenvalue weighted by Gasteiger charge is 2.24. The number of methoxy groups -OCH3 is 1. The first-order valence-electron chi connectivity index (χ1n) is 6.00. The normalized spacial score (nSPS) is 10.6. The van der Waals surface area contributed by atoms with Gasteiger partial charge in [0.05, 0.1) is 7.11 Å². The molecular weight excluding hydrogens is 290 g/mol. The summed E-state index contributed by atoms with van der Waals surface area (Å²) in [6, 6.07) is 2.54. The SMILES string of the molecule is COc1c(F)cc(F)c(F)c1Bc1c(F)ccc(C)c1F. The van der Waals surface area contributed by atoms with Crippen LogP contribution in [0.1, 0.15) is 5.56 Å². The maximum atomic E-state index is 13.9. The van der Waals surface area contributed by atoms with E-state index in [4.69, 9.17) is 0 Å². The van der Waals surface area contributed by atoms with E-state index in [1.165, 1.54) is 13.0 Å². The van der Waals surface area contributed by atoms with Gasteiger partial charge in [0.15, 0.2) is 23.2 Å². The molecule has 0 radical (unpaired) electrons. The van der Waals surface area contributed by atoms with Crippen molar-refractivity contribution in [2.24, 2.45) is 0 Å². The van der Waals surface area contributed by atoms with E-state index in [-0.39, 0.29) is 5.56 Å². The molecule has 2 aromatic carbocycles. The molecule has 0 heterocycles. The number of ether oxygens (including phenoxy) is 1. The third kappa shape index (κ3) is 2.72. The summed E-state index contributed by atoms with van der Waals surface area (Å²) in [5.74, 6) is -6.37. The summed E-state index contributed by atoms with van der Waals surface area (Å²) in [6.07, 6.45) is 0. The van der Waals surface area contributed by atoms with Crippen LogP contribution in [0, 0.1) is 36.0 Å². The van der Waals surface area contributed by atoms with E-state index in [0.717, 1.165) is 13.2 Å². The van der Waals surface area contributed by atoms with Crippen molar-refractivity contribution in [2.45, 2.75) is 6.92 Å². The second-order valence-corrected chi connectivity index (χ2v) is 4.50. The van der Waals surface area contributed by atoms with E-state index in [9.17, 15) is 22.0 Å². The van der Waals surface area contributed by atoms with Gasteiger partial charge >= 0.3 is 0 Å².